The molecule has 0 saturated heterocycles. The molecule has 0 aliphatic heterocycles. The van der Waals surface area contributed by atoms with Crippen LogP contribution in [0.1, 0.15) is 12.5 Å². The molecule has 0 spiro atoms. The van der Waals surface area contributed by atoms with E-state index in [0.717, 1.165) is 6.42 Å². The van der Waals surface area contributed by atoms with Crippen molar-refractivity contribution in [3.63, 3.8) is 0 Å². The fourth-order valence-corrected chi connectivity index (χ4v) is 0.986. The number of nitrogens with two attached hydrogens (primary N) is 1. The van der Waals surface area contributed by atoms with Gasteiger partial charge in [0.2, 0.25) is 0 Å². The second-order valence-electron chi connectivity index (χ2n) is 5.60. The van der Waals surface area contributed by atoms with Gasteiger partial charge in [-0.1, -0.05) is 30.3 Å². The lowest BCUT2D eigenvalue weighted by Gasteiger charge is -2.02. The van der Waals surface area contributed by atoms with Crippen LogP contribution in [0.4, 0.5) is 0 Å². The average Bonchev–Trinajstić information content (AvgIpc) is 2.30. The maximum absolute atomic E-state index is 9.19. The molecule has 0 aliphatic rings. The van der Waals surface area contributed by atoms with Gasteiger partial charge in [0.1, 0.15) is 0 Å². The van der Waals surface area contributed by atoms with Crippen LogP contribution in [-0.2, 0) is 46.9 Å². The van der Waals surface area contributed by atoms with Crippen LogP contribution in [0.3, 0.4) is 0 Å². The van der Waals surface area contributed by atoms with E-state index in [4.69, 9.17) is 23.9 Å². The molecule has 1 aromatic carbocycles. The summed E-state index contributed by atoms with van der Waals surface area (Å²) in [6.45, 7) is 2.02. The first kappa shape index (κ1) is 36.2. The van der Waals surface area contributed by atoms with Gasteiger partial charge in [-0.15, -0.1) is 0 Å². The van der Waals surface area contributed by atoms with Gasteiger partial charge in [0.15, 0.2) is 0 Å². The predicted octanol–water partition coefficient (Wildman–Crippen LogP) is -0.408. The van der Waals surface area contributed by atoms with Crippen molar-refractivity contribution in [2.75, 3.05) is 25.0 Å². The summed E-state index contributed by atoms with van der Waals surface area (Å²) in [6.07, 6.45) is 3.83. The van der Waals surface area contributed by atoms with Crippen molar-refractivity contribution in [3.8, 4) is 0 Å². The lowest BCUT2D eigenvalue weighted by Crippen LogP contribution is -2.17. The Morgan fingerprint density at radius 2 is 0.867 bits per heavy atom. The molecule has 6 N–H and O–H groups in total. The maximum Gasteiger partial charge on any atom is 0.261 e. The monoisotopic (exact) mass is 519 g/mol. The van der Waals surface area contributed by atoms with E-state index in [2.05, 4.69) is 12.1 Å². The standard InChI is InChI=1S/C9H13N.4CH4O3S/c1-8(10)7-9-5-3-2-4-6-9;4*1-5(2,3)4/h2-6,8H,7,10H2,1H3;4*1H3,(H,2,3,4). The highest BCUT2D eigenvalue weighted by Gasteiger charge is 1.94. The quantitative estimate of drug-likeness (QED) is 0.312. The Bertz CT molecular complexity index is 816. The highest BCUT2D eigenvalue weighted by molar-refractivity contribution is 7.85. The highest BCUT2D eigenvalue weighted by Crippen LogP contribution is 2.00. The minimum absolute atomic E-state index is 0.266. The summed E-state index contributed by atoms with van der Waals surface area (Å²) in [5.41, 5.74) is 6.94. The molecule has 13 nitrogen and oxygen atoms in total. The molecule has 182 valence electrons. The molecule has 0 heterocycles. The zero-order valence-electron chi connectivity index (χ0n) is 16.9. The second-order valence-corrected chi connectivity index (χ2v) is 11.5. The van der Waals surface area contributed by atoms with E-state index >= 15 is 0 Å². The topological polar surface area (TPSA) is 243 Å². The van der Waals surface area contributed by atoms with Gasteiger partial charge in [-0.25, -0.2) is 0 Å². The smallest absolute Gasteiger partial charge is 0.261 e. The molecular weight excluding hydrogens is 490 g/mol. The van der Waals surface area contributed by atoms with Crippen LogP contribution < -0.4 is 5.73 Å². The van der Waals surface area contributed by atoms with Gasteiger partial charge in [0.05, 0.1) is 25.0 Å². The van der Waals surface area contributed by atoms with Gasteiger partial charge in [-0.05, 0) is 18.9 Å². The first-order valence-electron chi connectivity index (χ1n) is 7.28. The van der Waals surface area contributed by atoms with Crippen molar-refractivity contribution in [1.29, 1.82) is 0 Å². The van der Waals surface area contributed by atoms with Crippen LogP contribution in [0, 0.1) is 0 Å². The largest absolute Gasteiger partial charge is 0.328 e. The summed E-state index contributed by atoms with van der Waals surface area (Å²) in [5.74, 6) is 0. The summed E-state index contributed by atoms with van der Waals surface area (Å²) >= 11 is 0. The first-order chi connectivity index (χ1) is 12.8. The SMILES string of the molecule is CC(N)Cc1ccccc1.CS(=O)(=O)O.CS(=O)(=O)O.CS(=O)(=O)O.CS(=O)(=O)O. The molecule has 0 aromatic heterocycles. The first-order valence-corrected chi connectivity index (χ1v) is 14.7. The van der Waals surface area contributed by atoms with Gasteiger partial charge >= 0.3 is 0 Å². The molecule has 0 saturated carbocycles. The number of hydrogen-bond donors (Lipinski definition) is 5. The Morgan fingerprint density at radius 3 is 1.03 bits per heavy atom. The van der Waals surface area contributed by atoms with Gasteiger partial charge in [0.25, 0.3) is 40.5 Å². The zero-order valence-corrected chi connectivity index (χ0v) is 20.2. The van der Waals surface area contributed by atoms with Crippen molar-refractivity contribution in [2.24, 2.45) is 5.73 Å². The molecule has 0 radical (unpaired) electrons. The van der Waals surface area contributed by atoms with Crippen molar-refractivity contribution >= 4 is 40.5 Å². The molecule has 0 amide bonds. The van der Waals surface area contributed by atoms with Gasteiger partial charge in [-0.2, -0.15) is 33.7 Å². The Morgan fingerprint density at radius 1 is 0.667 bits per heavy atom. The normalized spacial score (nSPS) is 12.1. The number of rotatable bonds is 2. The molecule has 1 rings (SSSR count). The summed E-state index contributed by atoms with van der Waals surface area (Å²) in [5, 5.41) is 0. The van der Waals surface area contributed by atoms with Crippen LogP contribution in [0.25, 0.3) is 0 Å². The summed E-state index contributed by atoms with van der Waals surface area (Å²) in [4.78, 5) is 0. The Hall–Kier alpha value is -1.18. The lowest BCUT2D eigenvalue weighted by molar-refractivity contribution is 0.488. The van der Waals surface area contributed by atoms with Gasteiger partial charge in [0, 0.05) is 6.04 Å². The van der Waals surface area contributed by atoms with E-state index in [0.29, 0.717) is 25.0 Å². The van der Waals surface area contributed by atoms with E-state index in [1.165, 1.54) is 5.56 Å². The number of benzene rings is 1. The van der Waals surface area contributed by atoms with Crippen LogP contribution in [0.5, 0.6) is 0 Å². The predicted molar refractivity (Wildman–Crippen MR) is 114 cm³/mol. The molecule has 0 aliphatic carbocycles. The summed E-state index contributed by atoms with van der Waals surface area (Å²) in [6, 6.07) is 10.6. The van der Waals surface area contributed by atoms with Crippen molar-refractivity contribution in [2.45, 2.75) is 19.4 Å². The minimum Gasteiger partial charge on any atom is -0.328 e. The van der Waals surface area contributed by atoms with E-state index in [9.17, 15) is 33.7 Å². The van der Waals surface area contributed by atoms with E-state index < -0.39 is 40.5 Å². The third kappa shape index (κ3) is 153. The fourth-order valence-electron chi connectivity index (χ4n) is 0.986. The lowest BCUT2D eigenvalue weighted by atomic mass is 10.1. The van der Waals surface area contributed by atoms with Gasteiger partial charge in [-0.3, -0.25) is 18.2 Å². The van der Waals surface area contributed by atoms with Crippen molar-refractivity contribution < 1.29 is 51.9 Å². The third-order valence-corrected chi connectivity index (χ3v) is 1.40. The van der Waals surface area contributed by atoms with Crippen LogP contribution in [0.15, 0.2) is 30.3 Å². The summed E-state index contributed by atoms with van der Waals surface area (Å²) < 4.78 is 103. The zero-order chi connectivity index (χ0) is 25.4. The molecule has 17 heteroatoms. The molecule has 30 heavy (non-hydrogen) atoms. The Labute approximate surface area is 178 Å². The van der Waals surface area contributed by atoms with Gasteiger partial charge < -0.3 is 5.73 Å². The molecule has 0 fully saturated rings. The maximum atomic E-state index is 9.19. The minimum atomic E-state index is -3.67. The van der Waals surface area contributed by atoms with Crippen LogP contribution in [-0.4, -0.2) is 82.9 Å². The van der Waals surface area contributed by atoms with Crippen LogP contribution >= 0.6 is 0 Å². The fraction of sp³-hybridized carbons (Fsp3) is 0.538. The Balaban J connectivity index is -0.000000148. The van der Waals surface area contributed by atoms with E-state index in [1.807, 2.05) is 25.1 Å². The Kier molecular flexibility index (Phi) is 19.9. The van der Waals surface area contributed by atoms with Crippen molar-refractivity contribution in [1.82, 2.24) is 0 Å². The van der Waals surface area contributed by atoms with Crippen LogP contribution in [0.2, 0.25) is 0 Å². The average molecular weight is 520 g/mol. The van der Waals surface area contributed by atoms with E-state index in [1.54, 1.807) is 0 Å². The molecular formula is C13H29NO12S4. The van der Waals surface area contributed by atoms with Crippen molar-refractivity contribution in [3.05, 3.63) is 35.9 Å². The molecule has 1 unspecified atom stereocenters. The number of hydrogen-bond acceptors (Lipinski definition) is 9. The third-order valence-electron chi connectivity index (χ3n) is 1.40. The van der Waals surface area contributed by atoms with E-state index in [-0.39, 0.29) is 6.04 Å². The molecule has 1 aromatic rings. The highest BCUT2D eigenvalue weighted by atomic mass is 32.2. The molecule has 0 bridgehead atoms. The second kappa shape index (κ2) is 16.5. The summed E-state index contributed by atoms with van der Waals surface area (Å²) in [7, 11) is -14.7. The molecule has 1 atom stereocenters.